The van der Waals surface area contributed by atoms with E-state index in [-0.39, 0.29) is 11.6 Å². The number of carbonyl (C=O) groups is 1. The number of alkyl halides is 1. The van der Waals surface area contributed by atoms with Gasteiger partial charge in [-0.15, -0.1) is 11.6 Å². The second-order valence-corrected chi connectivity index (χ2v) is 4.34. The predicted molar refractivity (Wildman–Crippen MR) is 63.2 cm³/mol. The first kappa shape index (κ1) is 14.8. The normalized spacial score (nSPS) is 12.3. The summed E-state index contributed by atoms with van der Waals surface area (Å²) in [5.74, 6) is -4.52. The molecule has 6 heteroatoms. The molecule has 0 bridgehead atoms. The Balaban J connectivity index is 2.73. The number of hydrogen-bond acceptors (Lipinski definition) is 1. The molecule has 1 aromatic rings. The van der Waals surface area contributed by atoms with Crippen molar-refractivity contribution in [1.82, 2.24) is 5.32 Å². The molecule has 100 valence electrons. The van der Waals surface area contributed by atoms with Gasteiger partial charge >= 0.3 is 0 Å². The Hall–Kier alpha value is -1.23. The van der Waals surface area contributed by atoms with E-state index in [1.165, 1.54) is 0 Å². The molecule has 1 atom stereocenters. The van der Waals surface area contributed by atoms with Crippen molar-refractivity contribution in [3.05, 3.63) is 35.1 Å². The molecule has 2 nitrogen and oxygen atoms in total. The summed E-state index contributed by atoms with van der Waals surface area (Å²) >= 11 is 5.50. The van der Waals surface area contributed by atoms with Gasteiger partial charge in [0.2, 0.25) is 0 Å². The monoisotopic (exact) mass is 279 g/mol. The van der Waals surface area contributed by atoms with Gasteiger partial charge in [-0.2, -0.15) is 0 Å². The highest BCUT2D eigenvalue weighted by molar-refractivity contribution is 6.17. The van der Waals surface area contributed by atoms with Gasteiger partial charge in [0, 0.05) is 17.5 Å². The zero-order chi connectivity index (χ0) is 13.7. The topological polar surface area (TPSA) is 29.1 Å². The second-order valence-electron chi connectivity index (χ2n) is 3.96. The van der Waals surface area contributed by atoms with Gasteiger partial charge in [-0.1, -0.05) is 0 Å². The van der Waals surface area contributed by atoms with Crippen molar-refractivity contribution in [2.24, 2.45) is 0 Å². The number of benzene rings is 1. The van der Waals surface area contributed by atoms with Crippen LogP contribution >= 0.6 is 11.6 Å². The van der Waals surface area contributed by atoms with Gasteiger partial charge in [-0.25, -0.2) is 13.2 Å². The van der Waals surface area contributed by atoms with E-state index >= 15 is 0 Å². The van der Waals surface area contributed by atoms with E-state index < -0.39 is 23.4 Å². The predicted octanol–water partition coefficient (Wildman–Crippen LogP) is 3.24. The van der Waals surface area contributed by atoms with Crippen LogP contribution in [0, 0.1) is 17.5 Å². The molecular weight excluding hydrogens is 267 g/mol. The fourth-order valence-electron chi connectivity index (χ4n) is 1.45. The fourth-order valence-corrected chi connectivity index (χ4v) is 1.60. The van der Waals surface area contributed by atoms with Crippen LogP contribution in [0.4, 0.5) is 13.2 Å². The maximum absolute atomic E-state index is 12.9. The zero-order valence-electron chi connectivity index (χ0n) is 9.77. The molecule has 1 amide bonds. The van der Waals surface area contributed by atoms with Crippen LogP contribution in [0.2, 0.25) is 0 Å². The molecule has 0 saturated heterocycles. The maximum atomic E-state index is 12.9. The smallest absolute Gasteiger partial charge is 0.251 e. The first-order valence-electron chi connectivity index (χ1n) is 5.47. The molecule has 0 heterocycles. The summed E-state index contributed by atoms with van der Waals surface area (Å²) in [6.07, 6.45) is 1.37. The minimum atomic E-state index is -1.58. The van der Waals surface area contributed by atoms with Crippen molar-refractivity contribution in [1.29, 1.82) is 0 Å². The third kappa shape index (κ3) is 3.91. The molecule has 0 aliphatic carbocycles. The van der Waals surface area contributed by atoms with Crippen LogP contribution in [-0.4, -0.2) is 17.8 Å². The minimum Gasteiger partial charge on any atom is -0.350 e. The van der Waals surface area contributed by atoms with E-state index in [4.69, 9.17) is 11.6 Å². The van der Waals surface area contributed by atoms with Crippen molar-refractivity contribution < 1.29 is 18.0 Å². The maximum Gasteiger partial charge on any atom is 0.251 e. The van der Waals surface area contributed by atoms with E-state index in [0.29, 0.717) is 24.4 Å². The molecule has 0 fully saturated rings. The molecule has 0 spiro atoms. The molecule has 1 aromatic carbocycles. The average molecular weight is 280 g/mol. The number of rotatable bonds is 5. The van der Waals surface area contributed by atoms with Crippen LogP contribution in [0.15, 0.2) is 12.1 Å². The Labute approximate surface area is 108 Å². The van der Waals surface area contributed by atoms with Gasteiger partial charge < -0.3 is 5.32 Å². The minimum absolute atomic E-state index is 0.174. The number of hydrogen-bond donors (Lipinski definition) is 1. The van der Waals surface area contributed by atoms with Crippen LogP contribution in [0.5, 0.6) is 0 Å². The molecular formula is C12H13ClF3NO. The van der Waals surface area contributed by atoms with E-state index in [9.17, 15) is 18.0 Å². The quantitative estimate of drug-likeness (QED) is 0.651. The standard InChI is InChI=1S/C12H13ClF3NO/c1-7(3-2-4-13)17-12(18)8-5-9(14)11(16)10(15)6-8/h5-7H,2-4H2,1H3,(H,17,18). The van der Waals surface area contributed by atoms with Gasteiger partial charge in [0.05, 0.1) is 0 Å². The van der Waals surface area contributed by atoms with Gasteiger partial charge in [0.1, 0.15) is 0 Å². The second kappa shape index (κ2) is 6.64. The lowest BCUT2D eigenvalue weighted by Crippen LogP contribution is -2.32. The van der Waals surface area contributed by atoms with Crippen molar-refractivity contribution in [3.63, 3.8) is 0 Å². The van der Waals surface area contributed by atoms with Gasteiger partial charge in [-0.3, -0.25) is 4.79 Å². The summed E-state index contributed by atoms with van der Waals surface area (Å²) in [7, 11) is 0. The third-order valence-corrected chi connectivity index (χ3v) is 2.66. The number of carbonyl (C=O) groups excluding carboxylic acids is 1. The molecule has 18 heavy (non-hydrogen) atoms. The Morgan fingerprint density at radius 1 is 1.33 bits per heavy atom. The molecule has 0 aliphatic heterocycles. The Morgan fingerprint density at radius 2 is 1.89 bits per heavy atom. The Morgan fingerprint density at radius 3 is 2.39 bits per heavy atom. The van der Waals surface area contributed by atoms with E-state index in [2.05, 4.69) is 5.32 Å². The van der Waals surface area contributed by atoms with Crippen LogP contribution < -0.4 is 5.32 Å². The third-order valence-electron chi connectivity index (χ3n) is 2.39. The summed E-state index contributed by atoms with van der Waals surface area (Å²) in [6.45, 7) is 1.75. The number of halogens is 4. The van der Waals surface area contributed by atoms with Crippen LogP contribution in [0.25, 0.3) is 0 Å². The van der Waals surface area contributed by atoms with E-state index in [1.807, 2.05) is 0 Å². The Kier molecular flexibility index (Phi) is 5.47. The SMILES string of the molecule is CC(CCCCl)NC(=O)c1cc(F)c(F)c(F)c1. The number of amides is 1. The fraction of sp³-hybridized carbons (Fsp3) is 0.417. The van der Waals surface area contributed by atoms with Crippen LogP contribution in [0.3, 0.4) is 0 Å². The summed E-state index contributed by atoms with van der Waals surface area (Å²) in [4.78, 5) is 11.6. The zero-order valence-corrected chi connectivity index (χ0v) is 10.5. The average Bonchev–Trinajstić information content (AvgIpc) is 2.32. The van der Waals surface area contributed by atoms with Gasteiger partial charge in [-0.05, 0) is 31.9 Å². The van der Waals surface area contributed by atoms with Crippen molar-refractivity contribution in [2.45, 2.75) is 25.8 Å². The largest absolute Gasteiger partial charge is 0.350 e. The molecule has 0 aliphatic rings. The van der Waals surface area contributed by atoms with E-state index in [0.717, 1.165) is 6.42 Å². The van der Waals surface area contributed by atoms with Gasteiger partial charge in [0.15, 0.2) is 17.5 Å². The van der Waals surface area contributed by atoms with Crippen molar-refractivity contribution in [3.8, 4) is 0 Å². The van der Waals surface area contributed by atoms with Crippen molar-refractivity contribution in [2.75, 3.05) is 5.88 Å². The van der Waals surface area contributed by atoms with Crippen molar-refractivity contribution >= 4 is 17.5 Å². The molecule has 1 rings (SSSR count). The highest BCUT2D eigenvalue weighted by Gasteiger charge is 2.16. The summed E-state index contributed by atoms with van der Waals surface area (Å²) in [6, 6.07) is 1.16. The van der Waals surface area contributed by atoms with Crippen LogP contribution in [-0.2, 0) is 0 Å². The highest BCUT2D eigenvalue weighted by atomic mass is 35.5. The lowest BCUT2D eigenvalue weighted by molar-refractivity contribution is 0.0937. The molecule has 0 aromatic heterocycles. The first-order chi connectivity index (χ1) is 8.45. The molecule has 1 unspecified atom stereocenters. The van der Waals surface area contributed by atoms with Gasteiger partial charge in [0.25, 0.3) is 5.91 Å². The lowest BCUT2D eigenvalue weighted by Gasteiger charge is -2.13. The number of nitrogens with one attached hydrogen (secondary N) is 1. The molecule has 0 radical (unpaired) electrons. The summed E-state index contributed by atoms with van der Waals surface area (Å²) in [5, 5.41) is 2.55. The lowest BCUT2D eigenvalue weighted by atomic mass is 10.1. The highest BCUT2D eigenvalue weighted by Crippen LogP contribution is 2.13. The summed E-state index contributed by atoms with van der Waals surface area (Å²) < 4.78 is 38.6. The Bertz CT molecular complexity index is 416. The first-order valence-corrected chi connectivity index (χ1v) is 6.00. The van der Waals surface area contributed by atoms with Crippen LogP contribution in [0.1, 0.15) is 30.1 Å². The molecule has 1 N–H and O–H groups in total. The summed E-state index contributed by atoms with van der Waals surface area (Å²) in [5.41, 5.74) is -0.246. The van der Waals surface area contributed by atoms with E-state index in [1.54, 1.807) is 6.92 Å². The molecule has 0 saturated carbocycles.